The standard InChI is InChI=1S/C16H15N3/c1-12-15-5-3-2-4-14(15)8-9-19(12)16-7-6-13(10-17)11-18-16/h2-7,11-12H,8-9H2,1H3. The van der Waals surface area contributed by atoms with Crippen molar-refractivity contribution in [3.8, 4) is 6.07 Å². The van der Waals surface area contributed by atoms with Crippen LogP contribution in [-0.2, 0) is 6.42 Å². The molecule has 1 aliphatic rings. The minimum absolute atomic E-state index is 0.324. The molecule has 0 fully saturated rings. The van der Waals surface area contributed by atoms with Crippen LogP contribution in [0.15, 0.2) is 42.6 Å². The number of fused-ring (bicyclic) bond motifs is 1. The van der Waals surface area contributed by atoms with Crippen molar-refractivity contribution < 1.29 is 0 Å². The number of pyridine rings is 1. The van der Waals surface area contributed by atoms with Gasteiger partial charge < -0.3 is 4.90 Å². The van der Waals surface area contributed by atoms with Gasteiger partial charge in [-0.15, -0.1) is 0 Å². The summed E-state index contributed by atoms with van der Waals surface area (Å²) in [6, 6.07) is 14.8. The largest absolute Gasteiger partial charge is 0.350 e. The summed E-state index contributed by atoms with van der Waals surface area (Å²) in [5.41, 5.74) is 3.41. The molecule has 3 heteroatoms. The van der Waals surface area contributed by atoms with Gasteiger partial charge in [-0.2, -0.15) is 5.26 Å². The SMILES string of the molecule is CC1c2ccccc2CCN1c1ccc(C#N)cn1. The third-order valence-electron chi connectivity index (χ3n) is 3.77. The van der Waals surface area contributed by atoms with Gasteiger partial charge in [0.2, 0.25) is 0 Å². The highest BCUT2D eigenvalue weighted by Gasteiger charge is 2.24. The zero-order valence-corrected chi connectivity index (χ0v) is 10.9. The van der Waals surface area contributed by atoms with Crippen molar-refractivity contribution in [2.75, 3.05) is 11.4 Å². The first-order valence-electron chi connectivity index (χ1n) is 6.50. The first-order valence-corrected chi connectivity index (χ1v) is 6.50. The Hall–Kier alpha value is -2.34. The van der Waals surface area contributed by atoms with Crippen molar-refractivity contribution in [1.29, 1.82) is 5.26 Å². The Labute approximate surface area is 113 Å². The fourth-order valence-electron chi connectivity index (χ4n) is 2.71. The number of aromatic nitrogens is 1. The van der Waals surface area contributed by atoms with Crippen molar-refractivity contribution in [2.45, 2.75) is 19.4 Å². The number of hydrogen-bond donors (Lipinski definition) is 0. The summed E-state index contributed by atoms with van der Waals surface area (Å²) in [5.74, 6) is 0.945. The Balaban J connectivity index is 1.93. The van der Waals surface area contributed by atoms with Gasteiger partial charge in [-0.25, -0.2) is 4.98 Å². The molecule has 0 N–H and O–H groups in total. The molecule has 94 valence electrons. The molecule has 3 nitrogen and oxygen atoms in total. The number of nitrogens with zero attached hydrogens (tertiary/aromatic N) is 3. The van der Waals surface area contributed by atoms with Crippen molar-refractivity contribution in [1.82, 2.24) is 4.98 Å². The third-order valence-corrected chi connectivity index (χ3v) is 3.77. The number of rotatable bonds is 1. The Kier molecular flexibility index (Phi) is 2.92. The van der Waals surface area contributed by atoms with Gasteiger partial charge in [-0.1, -0.05) is 24.3 Å². The minimum Gasteiger partial charge on any atom is -0.350 e. The molecule has 0 saturated carbocycles. The molecule has 1 aliphatic heterocycles. The van der Waals surface area contributed by atoms with Gasteiger partial charge in [0.15, 0.2) is 0 Å². The first-order chi connectivity index (χ1) is 9.29. The average Bonchev–Trinajstić information content (AvgIpc) is 2.48. The Morgan fingerprint density at radius 3 is 2.84 bits per heavy atom. The lowest BCUT2D eigenvalue weighted by molar-refractivity contribution is 0.617. The zero-order chi connectivity index (χ0) is 13.2. The van der Waals surface area contributed by atoms with E-state index < -0.39 is 0 Å². The monoisotopic (exact) mass is 249 g/mol. The normalized spacial score (nSPS) is 17.7. The Morgan fingerprint density at radius 1 is 1.26 bits per heavy atom. The molecule has 19 heavy (non-hydrogen) atoms. The molecule has 1 unspecified atom stereocenters. The second kappa shape index (κ2) is 4.74. The highest BCUT2D eigenvalue weighted by molar-refractivity contribution is 5.48. The van der Waals surface area contributed by atoms with Gasteiger partial charge in [0.25, 0.3) is 0 Å². The van der Waals surface area contributed by atoms with Crippen LogP contribution in [0.25, 0.3) is 0 Å². The molecule has 2 aromatic rings. The number of anilines is 1. The molecule has 0 spiro atoms. The average molecular weight is 249 g/mol. The molecule has 0 amide bonds. The van der Waals surface area contributed by atoms with Gasteiger partial charge in [0, 0.05) is 12.7 Å². The van der Waals surface area contributed by atoms with Crippen molar-refractivity contribution >= 4 is 5.82 Å². The van der Waals surface area contributed by atoms with Crippen molar-refractivity contribution in [3.05, 3.63) is 59.3 Å². The van der Waals surface area contributed by atoms with Crippen LogP contribution in [0.2, 0.25) is 0 Å². The maximum atomic E-state index is 8.82. The second-order valence-corrected chi connectivity index (χ2v) is 4.84. The molecule has 0 saturated heterocycles. The van der Waals surface area contributed by atoms with E-state index in [1.165, 1.54) is 11.1 Å². The smallest absolute Gasteiger partial charge is 0.129 e. The van der Waals surface area contributed by atoms with Crippen molar-refractivity contribution in [2.24, 2.45) is 0 Å². The minimum atomic E-state index is 0.324. The van der Waals surface area contributed by atoms with Gasteiger partial charge >= 0.3 is 0 Å². The lowest BCUT2D eigenvalue weighted by atomic mass is 9.93. The molecular formula is C16H15N3. The number of benzene rings is 1. The van der Waals surface area contributed by atoms with Crippen molar-refractivity contribution in [3.63, 3.8) is 0 Å². The predicted molar refractivity (Wildman–Crippen MR) is 74.9 cm³/mol. The van der Waals surface area contributed by atoms with E-state index in [2.05, 4.69) is 47.1 Å². The molecule has 2 heterocycles. The molecule has 0 radical (unpaired) electrons. The molecular weight excluding hydrogens is 234 g/mol. The van der Waals surface area contributed by atoms with Gasteiger partial charge in [0.1, 0.15) is 11.9 Å². The maximum absolute atomic E-state index is 8.82. The summed E-state index contributed by atoms with van der Waals surface area (Å²) in [5, 5.41) is 8.82. The predicted octanol–water partition coefficient (Wildman–Crippen LogP) is 3.08. The van der Waals surface area contributed by atoms with Crippen LogP contribution >= 0.6 is 0 Å². The van der Waals surface area contributed by atoms with E-state index in [-0.39, 0.29) is 0 Å². The Morgan fingerprint density at radius 2 is 2.11 bits per heavy atom. The lowest BCUT2D eigenvalue weighted by Crippen LogP contribution is -2.34. The van der Waals surface area contributed by atoms with E-state index in [0.717, 1.165) is 18.8 Å². The molecule has 0 bridgehead atoms. The molecule has 1 aromatic carbocycles. The first kappa shape index (κ1) is 11.7. The Bertz CT molecular complexity index is 625. The van der Waals surface area contributed by atoms with Crippen LogP contribution in [-0.4, -0.2) is 11.5 Å². The van der Waals surface area contributed by atoms with E-state index >= 15 is 0 Å². The van der Waals surface area contributed by atoms with E-state index in [0.29, 0.717) is 11.6 Å². The van der Waals surface area contributed by atoms with Crippen LogP contribution in [0, 0.1) is 11.3 Å². The number of nitriles is 1. The summed E-state index contributed by atoms with van der Waals surface area (Å²) in [4.78, 5) is 6.70. The maximum Gasteiger partial charge on any atom is 0.129 e. The number of hydrogen-bond acceptors (Lipinski definition) is 3. The van der Waals surface area contributed by atoms with Crippen LogP contribution in [0.3, 0.4) is 0 Å². The molecule has 1 atom stereocenters. The second-order valence-electron chi connectivity index (χ2n) is 4.84. The van der Waals surface area contributed by atoms with Crippen LogP contribution in [0.4, 0.5) is 5.82 Å². The topological polar surface area (TPSA) is 39.9 Å². The summed E-state index contributed by atoms with van der Waals surface area (Å²) >= 11 is 0. The van der Waals surface area contributed by atoms with Gasteiger partial charge in [-0.3, -0.25) is 0 Å². The van der Waals surface area contributed by atoms with E-state index in [1.54, 1.807) is 6.20 Å². The van der Waals surface area contributed by atoms with E-state index in [9.17, 15) is 0 Å². The fourth-order valence-corrected chi connectivity index (χ4v) is 2.71. The van der Waals surface area contributed by atoms with Crippen LogP contribution < -0.4 is 4.90 Å². The highest BCUT2D eigenvalue weighted by atomic mass is 15.2. The summed E-state index contributed by atoms with van der Waals surface area (Å²) in [6.45, 7) is 3.18. The summed E-state index contributed by atoms with van der Waals surface area (Å²) in [6.07, 6.45) is 2.69. The fraction of sp³-hybridized carbons (Fsp3) is 0.250. The summed E-state index contributed by atoms with van der Waals surface area (Å²) < 4.78 is 0. The molecule has 0 aliphatic carbocycles. The van der Waals surface area contributed by atoms with Crippen LogP contribution in [0.1, 0.15) is 29.7 Å². The van der Waals surface area contributed by atoms with Gasteiger partial charge in [-0.05, 0) is 36.6 Å². The van der Waals surface area contributed by atoms with E-state index in [1.807, 2.05) is 12.1 Å². The lowest BCUT2D eigenvalue weighted by Gasteiger charge is -2.36. The highest BCUT2D eigenvalue weighted by Crippen LogP contribution is 2.32. The van der Waals surface area contributed by atoms with Crippen LogP contribution in [0.5, 0.6) is 0 Å². The molecule has 1 aromatic heterocycles. The van der Waals surface area contributed by atoms with E-state index in [4.69, 9.17) is 5.26 Å². The molecule has 3 rings (SSSR count). The summed E-state index contributed by atoms with van der Waals surface area (Å²) in [7, 11) is 0. The zero-order valence-electron chi connectivity index (χ0n) is 10.9. The van der Waals surface area contributed by atoms with Gasteiger partial charge in [0.05, 0.1) is 11.6 Å². The third kappa shape index (κ3) is 2.06. The quantitative estimate of drug-likeness (QED) is 0.779.